The van der Waals surface area contributed by atoms with E-state index in [9.17, 15) is 18.9 Å². The van der Waals surface area contributed by atoms with Crippen LogP contribution in [0, 0.1) is 27.7 Å². The first-order valence-electron chi connectivity index (χ1n) is 6.84. The number of nitrogens with zero attached hydrogens (tertiary/aromatic N) is 1. The number of hydrogen-bond acceptors (Lipinski definition) is 3. The van der Waals surface area contributed by atoms with Crippen molar-refractivity contribution in [3.05, 3.63) is 39.4 Å². The van der Waals surface area contributed by atoms with E-state index in [-0.39, 0.29) is 18.2 Å². The Hall–Kier alpha value is -1.56. The van der Waals surface area contributed by atoms with Gasteiger partial charge in [-0.15, -0.1) is 0 Å². The van der Waals surface area contributed by atoms with Crippen molar-refractivity contribution in [2.24, 2.45) is 5.92 Å². The first kappa shape index (κ1) is 14.8. The molecule has 2 rings (SSSR count). The van der Waals surface area contributed by atoms with E-state index in [1.165, 1.54) is 6.42 Å². The lowest BCUT2D eigenvalue weighted by molar-refractivity contribution is -0.387. The first-order chi connectivity index (χ1) is 9.49. The molecule has 0 bridgehead atoms. The van der Waals surface area contributed by atoms with Crippen molar-refractivity contribution in [1.29, 1.82) is 0 Å². The minimum atomic E-state index is -1.14. The summed E-state index contributed by atoms with van der Waals surface area (Å²) in [6.45, 7) is 2.32. The molecule has 2 unspecified atom stereocenters. The second-order valence-corrected chi connectivity index (χ2v) is 5.40. The zero-order valence-corrected chi connectivity index (χ0v) is 11.4. The molecule has 110 valence electrons. The molecule has 4 nitrogen and oxygen atoms in total. The van der Waals surface area contributed by atoms with Crippen molar-refractivity contribution >= 4 is 5.69 Å². The molecule has 0 spiro atoms. The molecule has 0 aliphatic heterocycles. The highest BCUT2D eigenvalue weighted by atomic mass is 19.1. The molecule has 0 radical (unpaired) electrons. The molecular formula is C14H18F2N2O2. The monoisotopic (exact) mass is 284 g/mol. The maximum absolute atomic E-state index is 13.6. The van der Waals surface area contributed by atoms with Crippen LogP contribution >= 0.6 is 0 Å². The number of benzene rings is 1. The third kappa shape index (κ3) is 3.30. The van der Waals surface area contributed by atoms with Gasteiger partial charge in [0, 0.05) is 30.3 Å². The molecule has 20 heavy (non-hydrogen) atoms. The third-order valence-corrected chi connectivity index (χ3v) is 3.98. The van der Waals surface area contributed by atoms with Crippen LogP contribution in [0.3, 0.4) is 0 Å². The van der Waals surface area contributed by atoms with Gasteiger partial charge in [-0.3, -0.25) is 10.1 Å². The Kier molecular flexibility index (Phi) is 4.65. The molecule has 0 aromatic heterocycles. The molecule has 0 amide bonds. The van der Waals surface area contributed by atoms with E-state index in [2.05, 4.69) is 12.2 Å². The van der Waals surface area contributed by atoms with Crippen LogP contribution in [0.4, 0.5) is 14.5 Å². The summed E-state index contributed by atoms with van der Waals surface area (Å²) < 4.78 is 26.9. The van der Waals surface area contributed by atoms with E-state index in [1.54, 1.807) is 0 Å². The van der Waals surface area contributed by atoms with E-state index >= 15 is 0 Å². The number of nitro benzene ring substituents is 1. The van der Waals surface area contributed by atoms with Gasteiger partial charge in [-0.1, -0.05) is 19.8 Å². The standard InChI is InChI=1S/C14H18F2N2O2/c1-9-4-2-3-5-13(9)17-8-10-6-14(18(19)20)12(16)7-11(10)15/h6-7,9,13,17H,2-5,8H2,1H3. The SMILES string of the molecule is CC1CCCCC1NCc1cc([N+](=O)[O-])c(F)cc1F. The predicted molar refractivity (Wildman–Crippen MR) is 71.3 cm³/mol. The predicted octanol–water partition coefficient (Wildman–Crippen LogP) is 3.54. The lowest BCUT2D eigenvalue weighted by Gasteiger charge is -2.29. The highest BCUT2D eigenvalue weighted by Gasteiger charge is 2.22. The fraction of sp³-hybridized carbons (Fsp3) is 0.571. The number of hydrogen-bond donors (Lipinski definition) is 1. The van der Waals surface area contributed by atoms with Gasteiger partial charge in [-0.25, -0.2) is 4.39 Å². The van der Waals surface area contributed by atoms with Crippen molar-refractivity contribution < 1.29 is 13.7 Å². The van der Waals surface area contributed by atoms with Gasteiger partial charge in [0.2, 0.25) is 5.82 Å². The van der Waals surface area contributed by atoms with Gasteiger partial charge in [-0.05, 0) is 18.8 Å². The summed E-state index contributed by atoms with van der Waals surface area (Å²) in [6, 6.07) is 1.84. The number of halogens is 2. The van der Waals surface area contributed by atoms with Gasteiger partial charge >= 0.3 is 5.69 Å². The maximum atomic E-state index is 13.6. The van der Waals surface area contributed by atoms with Crippen LogP contribution < -0.4 is 5.32 Å². The van der Waals surface area contributed by atoms with Gasteiger partial charge < -0.3 is 5.32 Å². The lowest BCUT2D eigenvalue weighted by atomic mass is 9.86. The summed E-state index contributed by atoms with van der Waals surface area (Å²) in [5, 5.41) is 13.9. The van der Waals surface area contributed by atoms with Crippen LogP contribution in [0.25, 0.3) is 0 Å². The Morgan fingerprint density at radius 2 is 2.00 bits per heavy atom. The van der Waals surface area contributed by atoms with Crippen molar-refractivity contribution in [2.75, 3.05) is 0 Å². The zero-order chi connectivity index (χ0) is 14.7. The molecule has 6 heteroatoms. The highest BCUT2D eigenvalue weighted by Crippen LogP contribution is 2.25. The van der Waals surface area contributed by atoms with Gasteiger partial charge in [0.05, 0.1) is 4.92 Å². The molecule has 1 N–H and O–H groups in total. The fourth-order valence-corrected chi connectivity index (χ4v) is 2.72. The van der Waals surface area contributed by atoms with E-state index in [1.807, 2.05) is 0 Å². The molecule has 1 aliphatic rings. The Bertz CT molecular complexity index is 508. The van der Waals surface area contributed by atoms with E-state index < -0.39 is 22.2 Å². The van der Waals surface area contributed by atoms with Gasteiger partial charge in [-0.2, -0.15) is 4.39 Å². The second-order valence-electron chi connectivity index (χ2n) is 5.40. The molecule has 0 heterocycles. The van der Waals surface area contributed by atoms with Crippen LogP contribution in [0.2, 0.25) is 0 Å². The van der Waals surface area contributed by atoms with E-state index in [0.29, 0.717) is 12.0 Å². The molecule has 1 aliphatic carbocycles. The van der Waals surface area contributed by atoms with E-state index in [0.717, 1.165) is 25.3 Å². The van der Waals surface area contributed by atoms with Gasteiger partial charge in [0.25, 0.3) is 0 Å². The Balaban J connectivity index is 2.09. The van der Waals surface area contributed by atoms with Crippen LogP contribution in [0.15, 0.2) is 12.1 Å². The summed E-state index contributed by atoms with van der Waals surface area (Å²) in [6.07, 6.45) is 4.49. The smallest absolute Gasteiger partial charge is 0.305 e. The molecule has 1 saturated carbocycles. The molecule has 1 aromatic carbocycles. The largest absolute Gasteiger partial charge is 0.310 e. The van der Waals surface area contributed by atoms with Crippen molar-refractivity contribution in [1.82, 2.24) is 5.32 Å². The topological polar surface area (TPSA) is 55.2 Å². The number of rotatable bonds is 4. The van der Waals surface area contributed by atoms with Crippen molar-refractivity contribution in [3.8, 4) is 0 Å². The van der Waals surface area contributed by atoms with Crippen LogP contribution in [-0.4, -0.2) is 11.0 Å². The second kappa shape index (κ2) is 6.26. The average molecular weight is 284 g/mol. The van der Waals surface area contributed by atoms with Crippen LogP contribution in [0.5, 0.6) is 0 Å². The van der Waals surface area contributed by atoms with Gasteiger partial charge in [0.15, 0.2) is 0 Å². The average Bonchev–Trinajstić information content (AvgIpc) is 2.39. The van der Waals surface area contributed by atoms with Gasteiger partial charge in [0.1, 0.15) is 5.82 Å². The Labute approximate surface area is 116 Å². The summed E-state index contributed by atoms with van der Waals surface area (Å²) >= 11 is 0. The summed E-state index contributed by atoms with van der Waals surface area (Å²) in [4.78, 5) is 9.83. The van der Waals surface area contributed by atoms with Crippen molar-refractivity contribution in [2.45, 2.75) is 45.2 Å². The highest BCUT2D eigenvalue weighted by molar-refractivity contribution is 5.37. The van der Waals surface area contributed by atoms with Crippen LogP contribution in [-0.2, 0) is 6.54 Å². The van der Waals surface area contributed by atoms with Crippen molar-refractivity contribution in [3.63, 3.8) is 0 Å². The first-order valence-corrected chi connectivity index (χ1v) is 6.84. The Morgan fingerprint density at radius 3 is 2.65 bits per heavy atom. The minimum absolute atomic E-state index is 0.135. The third-order valence-electron chi connectivity index (χ3n) is 3.98. The maximum Gasteiger partial charge on any atom is 0.305 e. The number of nitro groups is 1. The summed E-state index contributed by atoms with van der Waals surface area (Å²) in [5.74, 6) is -1.38. The number of nitrogens with one attached hydrogen (secondary N) is 1. The normalized spacial score (nSPS) is 22.8. The molecule has 1 aromatic rings. The molecule has 0 saturated heterocycles. The fourth-order valence-electron chi connectivity index (χ4n) is 2.72. The summed E-state index contributed by atoms with van der Waals surface area (Å²) in [5.41, 5.74) is -0.546. The Morgan fingerprint density at radius 1 is 1.30 bits per heavy atom. The van der Waals surface area contributed by atoms with E-state index in [4.69, 9.17) is 0 Å². The quantitative estimate of drug-likeness (QED) is 0.679. The minimum Gasteiger partial charge on any atom is -0.310 e. The molecular weight excluding hydrogens is 266 g/mol. The summed E-state index contributed by atoms with van der Waals surface area (Å²) in [7, 11) is 0. The zero-order valence-electron chi connectivity index (χ0n) is 11.4. The molecule has 2 atom stereocenters. The molecule has 1 fully saturated rings. The van der Waals surface area contributed by atoms with Crippen LogP contribution in [0.1, 0.15) is 38.2 Å². The lowest BCUT2D eigenvalue weighted by Crippen LogP contribution is -2.36.